The van der Waals surface area contributed by atoms with Crippen LogP contribution in [0.5, 0.6) is 0 Å². The lowest BCUT2D eigenvalue weighted by Gasteiger charge is -2.21. The molecule has 0 aromatic heterocycles. The molecule has 0 aliphatic heterocycles. The third kappa shape index (κ3) is 5.97. The molecule has 0 atom stereocenters. The zero-order valence-electron chi connectivity index (χ0n) is 15.0. The number of benzene rings is 2. The predicted octanol–water partition coefficient (Wildman–Crippen LogP) is 5.48. The first-order valence-electron chi connectivity index (χ1n) is 9.16. The summed E-state index contributed by atoms with van der Waals surface area (Å²) in [5, 5.41) is 3.42. The molecule has 0 heterocycles. The second-order valence-electron chi connectivity index (χ2n) is 6.62. The van der Waals surface area contributed by atoms with Crippen molar-refractivity contribution in [3.8, 4) is 0 Å². The van der Waals surface area contributed by atoms with Gasteiger partial charge in [-0.2, -0.15) is 0 Å². The van der Waals surface area contributed by atoms with Gasteiger partial charge in [-0.15, -0.1) is 0 Å². The first-order chi connectivity index (χ1) is 13.1. The Balaban J connectivity index is 1.52. The smallest absolute Gasteiger partial charge is 0.338 e. The van der Waals surface area contributed by atoms with Gasteiger partial charge in [0.05, 0.1) is 5.56 Å². The number of rotatable bonds is 5. The number of hydrogen-bond acceptors (Lipinski definition) is 3. The molecule has 1 amide bonds. The quantitative estimate of drug-likeness (QED) is 0.549. The monoisotopic (exact) mass is 383 g/mol. The molecule has 0 saturated heterocycles. The molecule has 0 bridgehead atoms. The third-order valence-electron chi connectivity index (χ3n) is 4.51. The third-order valence-corrected chi connectivity index (χ3v) is 4.76. The molecule has 0 spiro atoms. The van der Waals surface area contributed by atoms with Gasteiger partial charge in [0, 0.05) is 16.8 Å². The maximum atomic E-state index is 12.2. The standard InChI is InChI=1S/C22H22ClNO3/c23-18-11-6-16(7-12-18)8-15-21(25)24-19-13-9-17(10-14-19)22(26)27-20-4-2-1-3-5-20/h6-15,20H,1-5H2,(H,24,25)/b15-8+. The molecule has 1 saturated carbocycles. The van der Waals surface area contributed by atoms with Gasteiger partial charge in [-0.05, 0) is 73.7 Å². The number of ether oxygens (including phenoxy) is 1. The van der Waals surface area contributed by atoms with E-state index >= 15 is 0 Å². The number of esters is 1. The highest BCUT2D eigenvalue weighted by atomic mass is 35.5. The molecule has 1 fully saturated rings. The molecule has 1 aliphatic carbocycles. The van der Waals surface area contributed by atoms with Gasteiger partial charge in [0.1, 0.15) is 6.10 Å². The Bertz CT molecular complexity index is 806. The number of anilines is 1. The summed E-state index contributed by atoms with van der Waals surface area (Å²) in [4.78, 5) is 24.2. The number of amides is 1. The lowest BCUT2D eigenvalue weighted by molar-refractivity contribution is -0.111. The first-order valence-corrected chi connectivity index (χ1v) is 9.53. The van der Waals surface area contributed by atoms with Crippen molar-refractivity contribution in [2.24, 2.45) is 0 Å². The van der Waals surface area contributed by atoms with E-state index in [4.69, 9.17) is 16.3 Å². The van der Waals surface area contributed by atoms with Crippen molar-refractivity contribution in [2.75, 3.05) is 5.32 Å². The highest BCUT2D eigenvalue weighted by molar-refractivity contribution is 6.30. The summed E-state index contributed by atoms with van der Waals surface area (Å²) in [6, 6.07) is 13.9. The average Bonchev–Trinajstić information content (AvgIpc) is 2.69. The van der Waals surface area contributed by atoms with Crippen LogP contribution in [0.25, 0.3) is 6.08 Å². The number of halogens is 1. The first kappa shape index (κ1) is 19.2. The Morgan fingerprint density at radius 3 is 2.30 bits per heavy atom. The minimum atomic E-state index is -0.303. The van der Waals surface area contributed by atoms with Crippen molar-refractivity contribution in [1.82, 2.24) is 0 Å². The van der Waals surface area contributed by atoms with Crippen LogP contribution < -0.4 is 5.32 Å². The fourth-order valence-electron chi connectivity index (χ4n) is 3.02. The van der Waals surface area contributed by atoms with Crippen molar-refractivity contribution >= 4 is 35.2 Å². The SMILES string of the molecule is O=C(/C=C/c1ccc(Cl)cc1)Nc1ccc(C(=O)OC2CCCCC2)cc1. The highest BCUT2D eigenvalue weighted by Gasteiger charge is 2.18. The summed E-state index contributed by atoms with van der Waals surface area (Å²) >= 11 is 5.83. The van der Waals surface area contributed by atoms with E-state index in [-0.39, 0.29) is 18.0 Å². The van der Waals surface area contributed by atoms with Gasteiger partial charge in [-0.3, -0.25) is 4.79 Å². The Morgan fingerprint density at radius 1 is 0.963 bits per heavy atom. The molecule has 1 N–H and O–H groups in total. The minimum Gasteiger partial charge on any atom is -0.459 e. The Hall–Kier alpha value is -2.59. The predicted molar refractivity (Wildman–Crippen MR) is 108 cm³/mol. The molecular weight excluding hydrogens is 362 g/mol. The Morgan fingerprint density at radius 2 is 1.63 bits per heavy atom. The van der Waals surface area contributed by atoms with Crippen LogP contribution in [-0.4, -0.2) is 18.0 Å². The van der Waals surface area contributed by atoms with Crippen LogP contribution >= 0.6 is 11.6 Å². The van der Waals surface area contributed by atoms with Gasteiger partial charge in [-0.1, -0.05) is 30.2 Å². The van der Waals surface area contributed by atoms with E-state index in [2.05, 4.69) is 5.32 Å². The number of nitrogens with one attached hydrogen (secondary N) is 1. The molecule has 27 heavy (non-hydrogen) atoms. The Labute approximate surface area is 164 Å². The van der Waals surface area contributed by atoms with Crippen LogP contribution in [0.3, 0.4) is 0 Å². The second kappa shape index (κ2) is 9.38. The number of carbonyl (C=O) groups is 2. The molecule has 1 aliphatic rings. The fraction of sp³-hybridized carbons (Fsp3) is 0.273. The van der Waals surface area contributed by atoms with Gasteiger partial charge < -0.3 is 10.1 Å². The van der Waals surface area contributed by atoms with Crippen LogP contribution in [0.2, 0.25) is 5.02 Å². The molecule has 4 nitrogen and oxygen atoms in total. The van der Waals surface area contributed by atoms with E-state index in [0.717, 1.165) is 31.2 Å². The summed E-state index contributed by atoms with van der Waals surface area (Å²) in [5.74, 6) is -0.551. The van der Waals surface area contributed by atoms with Crippen molar-refractivity contribution in [1.29, 1.82) is 0 Å². The largest absolute Gasteiger partial charge is 0.459 e. The lowest BCUT2D eigenvalue weighted by atomic mass is 9.98. The van der Waals surface area contributed by atoms with Crippen LogP contribution in [0.4, 0.5) is 5.69 Å². The van der Waals surface area contributed by atoms with Crippen molar-refractivity contribution in [2.45, 2.75) is 38.2 Å². The van der Waals surface area contributed by atoms with E-state index in [1.807, 2.05) is 12.1 Å². The van der Waals surface area contributed by atoms with Crippen molar-refractivity contribution < 1.29 is 14.3 Å². The summed E-state index contributed by atoms with van der Waals surface area (Å²) in [7, 11) is 0. The zero-order chi connectivity index (χ0) is 19.1. The molecule has 3 rings (SSSR count). The topological polar surface area (TPSA) is 55.4 Å². The molecule has 2 aromatic carbocycles. The molecule has 0 radical (unpaired) electrons. The summed E-state index contributed by atoms with van der Waals surface area (Å²) in [5.41, 5.74) is 2.00. The van der Waals surface area contributed by atoms with E-state index in [1.165, 1.54) is 12.5 Å². The number of carbonyl (C=O) groups excluding carboxylic acids is 2. The van der Waals surface area contributed by atoms with Gasteiger partial charge in [-0.25, -0.2) is 4.79 Å². The molecule has 0 unspecified atom stereocenters. The molecule has 140 valence electrons. The maximum absolute atomic E-state index is 12.2. The van der Waals surface area contributed by atoms with Gasteiger partial charge in [0.25, 0.3) is 0 Å². The van der Waals surface area contributed by atoms with Crippen LogP contribution in [0.15, 0.2) is 54.6 Å². The van der Waals surface area contributed by atoms with E-state index < -0.39 is 0 Å². The second-order valence-corrected chi connectivity index (χ2v) is 7.05. The van der Waals surface area contributed by atoms with Gasteiger partial charge in [0.15, 0.2) is 0 Å². The lowest BCUT2D eigenvalue weighted by Crippen LogP contribution is -2.20. The Kier molecular flexibility index (Phi) is 6.66. The van der Waals surface area contributed by atoms with Crippen LogP contribution in [0.1, 0.15) is 48.0 Å². The molecule has 5 heteroatoms. The maximum Gasteiger partial charge on any atom is 0.338 e. The molecular formula is C22H22ClNO3. The molecule has 2 aromatic rings. The van der Waals surface area contributed by atoms with Gasteiger partial charge >= 0.3 is 5.97 Å². The van der Waals surface area contributed by atoms with Crippen molar-refractivity contribution in [3.05, 3.63) is 70.8 Å². The van der Waals surface area contributed by atoms with Crippen LogP contribution in [0, 0.1) is 0 Å². The summed E-state index contributed by atoms with van der Waals surface area (Å²) in [6.45, 7) is 0. The van der Waals surface area contributed by atoms with Gasteiger partial charge in [0.2, 0.25) is 5.91 Å². The normalized spacial score (nSPS) is 14.9. The fourth-order valence-corrected chi connectivity index (χ4v) is 3.15. The van der Waals surface area contributed by atoms with E-state index in [0.29, 0.717) is 16.3 Å². The highest BCUT2D eigenvalue weighted by Crippen LogP contribution is 2.22. The van der Waals surface area contributed by atoms with Crippen molar-refractivity contribution in [3.63, 3.8) is 0 Å². The van der Waals surface area contributed by atoms with E-state index in [9.17, 15) is 9.59 Å². The van der Waals surface area contributed by atoms with E-state index in [1.54, 1.807) is 42.5 Å². The number of hydrogen-bond donors (Lipinski definition) is 1. The zero-order valence-corrected chi connectivity index (χ0v) is 15.7. The summed E-state index contributed by atoms with van der Waals surface area (Å²) in [6.07, 6.45) is 8.53. The average molecular weight is 384 g/mol. The minimum absolute atomic E-state index is 0.0311. The van der Waals surface area contributed by atoms with Crippen LogP contribution in [-0.2, 0) is 9.53 Å². The summed E-state index contributed by atoms with van der Waals surface area (Å²) < 4.78 is 5.55.